The number of fused-ring (bicyclic) bond motifs is 2. The largest absolute Gasteiger partial charge is 0.493 e. The molecule has 0 atom stereocenters. The smallest absolute Gasteiger partial charge is 0.254 e. The van der Waals surface area contributed by atoms with Crippen molar-refractivity contribution in [1.29, 1.82) is 0 Å². The number of methoxy groups -OCH3 is 2. The van der Waals surface area contributed by atoms with Crippen LogP contribution in [-0.2, 0) is 6.54 Å². The normalized spacial score (nSPS) is 15.5. The highest BCUT2D eigenvalue weighted by molar-refractivity contribution is 5.78. The van der Waals surface area contributed by atoms with Crippen molar-refractivity contribution in [3.8, 4) is 34.1 Å². The molecule has 35 heavy (non-hydrogen) atoms. The van der Waals surface area contributed by atoms with Crippen LogP contribution in [0, 0.1) is 0 Å². The molecule has 6 rings (SSSR count). The van der Waals surface area contributed by atoms with Gasteiger partial charge in [-0.3, -0.25) is 4.90 Å². The maximum atomic E-state index is 5.54. The van der Waals surface area contributed by atoms with Crippen LogP contribution in [0.5, 0.6) is 23.0 Å². The Morgan fingerprint density at radius 3 is 2.54 bits per heavy atom. The molecule has 1 saturated heterocycles. The molecular formula is C25H26N6O4. The van der Waals surface area contributed by atoms with Gasteiger partial charge in [0, 0.05) is 44.5 Å². The van der Waals surface area contributed by atoms with Crippen molar-refractivity contribution >= 4 is 11.6 Å². The number of benzene rings is 2. The van der Waals surface area contributed by atoms with Gasteiger partial charge in [0.15, 0.2) is 23.0 Å². The quantitative estimate of drug-likeness (QED) is 0.419. The van der Waals surface area contributed by atoms with Gasteiger partial charge in [0.25, 0.3) is 5.78 Å². The molecule has 10 nitrogen and oxygen atoms in total. The van der Waals surface area contributed by atoms with Crippen molar-refractivity contribution in [3.63, 3.8) is 0 Å². The van der Waals surface area contributed by atoms with Crippen molar-refractivity contribution in [2.45, 2.75) is 6.54 Å². The minimum absolute atomic E-state index is 0.294. The predicted molar refractivity (Wildman–Crippen MR) is 129 cm³/mol. The van der Waals surface area contributed by atoms with E-state index in [1.54, 1.807) is 20.5 Å². The van der Waals surface area contributed by atoms with E-state index in [1.807, 2.05) is 35.0 Å². The van der Waals surface area contributed by atoms with Crippen LogP contribution in [0.1, 0.15) is 5.56 Å². The summed E-state index contributed by atoms with van der Waals surface area (Å²) < 4.78 is 23.7. The number of anilines is 1. The Labute approximate surface area is 202 Å². The molecule has 0 bridgehead atoms. The highest BCUT2D eigenvalue weighted by Gasteiger charge is 2.24. The van der Waals surface area contributed by atoms with E-state index < -0.39 is 0 Å². The number of ether oxygens (including phenoxy) is 4. The van der Waals surface area contributed by atoms with Crippen molar-refractivity contribution in [3.05, 3.63) is 54.5 Å². The van der Waals surface area contributed by atoms with Gasteiger partial charge in [-0.05, 0) is 35.4 Å². The molecule has 180 valence electrons. The number of hydrogen-bond acceptors (Lipinski definition) is 9. The maximum Gasteiger partial charge on any atom is 0.254 e. The van der Waals surface area contributed by atoms with Crippen LogP contribution in [-0.4, -0.2) is 71.7 Å². The van der Waals surface area contributed by atoms with E-state index in [0.29, 0.717) is 24.1 Å². The lowest BCUT2D eigenvalue weighted by Crippen LogP contribution is -2.46. The Kier molecular flexibility index (Phi) is 5.49. The van der Waals surface area contributed by atoms with Crippen LogP contribution in [0.3, 0.4) is 0 Å². The van der Waals surface area contributed by atoms with E-state index in [2.05, 4.69) is 37.0 Å². The minimum atomic E-state index is 0.294. The van der Waals surface area contributed by atoms with E-state index in [0.717, 1.165) is 61.2 Å². The predicted octanol–water partition coefficient (Wildman–Crippen LogP) is 2.86. The zero-order valence-electron chi connectivity index (χ0n) is 19.7. The number of nitrogens with zero attached hydrogens (tertiary/aromatic N) is 6. The zero-order chi connectivity index (χ0) is 23.8. The van der Waals surface area contributed by atoms with Gasteiger partial charge < -0.3 is 23.8 Å². The monoisotopic (exact) mass is 474 g/mol. The Morgan fingerprint density at radius 1 is 0.886 bits per heavy atom. The molecule has 2 aromatic carbocycles. The number of piperazine rings is 1. The van der Waals surface area contributed by atoms with Gasteiger partial charge in [-0.1, -0.05) is 12.1 Å². The summed E-state index contributed by atoms with van der Waals surface area (Å²) in [5.74, 6) is 4.55. The molecule has 2 aliphatic heterocycles. The second-order valence-corrected chi connectivity index (χ2v) is 8.49. The molecule has 0 amide bonds. The molecule has 0 aliphatic carbocycles. The van der Waals surface area contributed by atoms with Crippen LogP contribution < -0.4 is 23.8 Å². The first-order chi connectivity index (χ1) is 17.2. The molecule has 0 saturated carbocycles. The highest BCUT2D eigenvalue weighted by atomic mass is 16.7. The molecule has 0 radical (unpaired) electrons. The summed E-state index contributed by atoms with van der Waals surface area (Å²) in [7, 11) is 3.27. The second kappa shape index (κ2) is 8.95. The molecule has 4 aromatic rings. The first-order valence-corrected chi connectivity index (χ1v) is 11.5. The lowest BCUT2D eigenvalue weighted by atomic mass is 10.1. The zero-order valence-corrected chi connectivity index (χ0v) is 19.7. The topological polar surface area (TPSA) is 86.5 Å². The van der Waals surface area contributed by atoms with Crippen LogP contribution in [0.15, 0.2) is 48.9 Å². The first kappa shape index (κ1) is 21.5. The third-order valence-corrected chi connectivity index (χ3v) is 6.49. The Bertz CT molecular complexity index is 1370. The molecule has 0 spiro atoms. The Hall–Kier alpha value is -4.05. The van der Waals surface area contributed by atoms with Crippen molar-refractivity contribution in [1.82, 2.24) is 24.5 Å². The summed E-state index contributed by atoms with van der Waals surface area (Å²) in [6.45, 7) is 4.69. The molecule has 4 heterocycles. The number of aromatic nitrogens is 4. The van der Waals surface area contributed by atoms with Crippen LogP contribution in [0.4, 0.5) is 5.82 Å². The minimum Gasteiger partial charge on any atom is -0.493 e. The summed E-state index contributed by atoms with van der Waals surface area (Å²) in [5, 5.41) is 4.48. The van der Waals surface area contributed by atoms with Crippen molar-refractivity contribution in [2.24, 2.45) is 0 Å². The summed E-state index contributed by atoms with van der Waals surface area (Å²) >= 11 is 0. The van der Waals surface area contributed by atoms with E-state index in [-0.39, 0.29) is 0 Å². The van der Waals surface area contributed by atoms with E-state index in [4.69, 9.17) is 18.9 Å². The molecule has 2 aromatic heterocycles. The van der Waals surface area contributed by atoms with Gasteiger partial charge in [0.05, 0.1) is 14.2 Å². The summed E-state index contributed by atoms with van der Waals surface area (Å²) in [6, 6.07) is 12.1. The summed E-state index contributed by atoms with van der Waals surface area (Å²) in [4.78, 5) is 13.6. The molecule has 2 aliphatic rings. The molecule has 1 fully saturated rings. The summed E-state index contributed by atoms with van der Waals surface area (Å²) in [5.41, 5.74) is 3.16. The van der Waals surface area contributed by atoms with Gasteiger partial charge in [0.1, 0.15) is 12.1 Å². The fourth-order valence-electron chi connectivity index (χ4n) is 4.69. The fraction of sp³-hybridized carbons (Fsp3) is 0.320. The average molecular weight is 475 g/mol. The summed E-state index contributed by atoms with van der Waals surface area (Å²) in [6.07, 6.45) is 3.40. The van der Waals surface area contributed by atoms with Gasteiger partial charge in [-0.25, -0.2) is 4.98 Å². The SMILES string of the molecule is COc1ccc(-c2cnc3ncnn3c2N2CCN(Cc3ccc4c(c3)OCO4)CC2)cc1OC. The number of rotatable bonds is 6. The second-order valence-electron chi connectivity index (χ2n) is 8.49. The molecule has 10 heteroatoms. The lowest BCUT2D eigenvalue weighted by Gasteiger charge is -2.36. The van der Waals surface area contributed by atoms with E-state index >= 15 is 0 Å². The molecular weight excluding hydrogens is 448 g/mol. The van der Waals surface area contributed by atoms with Crippen molar-refractivity contribution in [2.75, 3.05) is 52.1 Å². The van der Waals surface area contributed by atoms with Crippen LogP contribution in [0.2, 0.25) is 0 Å². The van der Waals surface area contributed by atoms with Crippen molar-refractivity contribution < 1.29 is 18.9 Å². The van der Waals surface area contributed by atoms with Gasteiger partial charge in [-0.2, -0.15) is 14.6 Å². The van der Waals surface area contributed by atoms with E-state index in [1.165, 1.54) is 5.56 Å². The highest BCUT2D eigenvalue weighted by Crippen LogP contribution is 2.37. The third-order valence-electron chi connectivity index (χ3n) is 6.49. The Balaban J connectivity index is 1.26. The van der Waals surface area contributed by atoms with Gasteiger partial charge in [-0.15, -0.1) is 0 Å². The Morgan fingerprint density at radius 2 is 1.71 bits per heavy atom. The number of hydrogen-bond donors (Lipinski definition) is 0. The average Bonchev–Trinajstić information content (AvgIpc) is 3.57. The van der Waals surface area contributed by atoms with Gasteiger partial charge >= 0.3 is 0 Å². The first-order valence-electron chi connectivity index (χ1n) is 11.5. The van der Waals surface area contributed by atoms with Crippen LogP contribution >= 0.6 is 0 Å². The van der Waals surface area contributed by atoms with Gasteiger partial charge in [0.2, 0.25) is 6.79 Å². The molecule has 0 N–H and O–H groups in total. The third kappa shape index (κ3) is 3.95. The maximum absolute atomic E-state index is 5.54. The standard InChI is InChI=1S/C25H26N6O4/c1-32-20-6-4-18(12-22(20)33-2)19-13-26-25-27-15-28-31(25)24(19)30-9-7-29(8-10-30)14-17-3-5-21-23(11-17)35-16-34-21/h3-6,11-13,15H,7-10,14,16H2,1-2H3. The van der Waals surface area contributed by atoms with E-state index in [9.17, 15) is 0 Å². The fourth-order valence-corrected chi connectivity index (χ4v) is 4.69. The lowest BCUT2D eigenvalue weighted by molar-refractivity contribution is 0.174. The van der Waals surface area contributed by atoms with Crippen LogP contribution in [0.25, 0.3) is 16.9 Å². The molecule has 0 unspecified atom stereocenters.